The van der Waals surface area contributed by atoms with Crippen LogP contribution in [0.25, 0.3) is 0 Å². The van der Waals surface area contributed by atoms with Gasteiger partial charge < -0.3 is 10.2 Å². The molecule has 0 spiro atoms. The lowest BCUT2D eigenvalue weighted by molar-refractivity contribution is 0.0696. The van der Waals surface area contributed by atoms with Crippen LogP contribution in [0.4, 0.5) is 4.79 Å². The first-order valence-corrected chi connectivity index (χ1v) is 3.40. The van der Waals surface area contributed by atoms with Gasteiger partial charge >= 0.3 is 12.1 Å². The number of hydrazine groups is 1. The molecule has 0 aromatic carbocycles. The van der Waals surface area contributed by atoms with E-state index in [1.54, 1.807) is 0 Å². The number of aromatic carboxylic acids is 1. The number of nitrogens with two attached hydrogens (primary N) is 1. The van der Waals surface area contributed by atoms with Gasteiger partial charge in [0.05, 0.1) is 5.56 Å². The van der Waals surface area contributed by atoms with Gasteiger partial charge in [0.25, 0.3) is 0 Å². The summed E-state index contributed by atoms with van der Waals surface area (Å²) in [4.78, 5) is 23.0. The molecule has 0 unspecified atom stereocenters. The molecule has 1 rings (SSSR count). The number of hydrogen-bond donors (Lipinski definition) is 4. The Bertz CT molecular complexity index is 301. The zero-order chi connectivity index (χ0) is 11.0. The van der Waals surface area contributed by atoms with E-state index in [0.29, 0.717) is 0 Å². The summed E-state index contributed by atoms with van der Waals surface area (Å²) in [6, 6.07) is 2.89. The van der Waals surface area contributed by atoms with Crippen LogP contribution in [0.1, 0.15) is 10.4 Å². The van der Waals surface area contributed by atoms with Crippen LogP contribution in [0.15, 0.2) is 24.5 Å². The minimum Gasteiger partial charge on any atom is -0.478 e. The van der Waals surface area contributed by atoms with Crippen molar-refractivity contribution in [3.63, 3.8) is 0 Å². The number of carboxylic acids is 1. The van der Waals surface area contributed by atoms with Gasteiger partial charge in [-0.3, -0.25) is 10.4 Å². The molecule has 1 aromatic rings. The molecule has 76 valence electrons. The number of aromatic nitrogens is 1. The zero-order valence-corrected chi connectivity index (χ0v) is 7.04. The molecular weight excluding hydrogens is 190 g/mol. The Morgan fingerprint density at radius 3 is 1.93 bits per heavy atom. The molecule has 5 N–H and O–H groups in total. The van der Waals surface area contributed by atoms with E-state index in [0.717, 1.165) is 0 Å². The second-order valence-corrected chi connectivity index (χ2v) is 1.99. The van der Waals surface area contributed by atoms with Crippen LogP contribution in [0.3, 0.4) is 0 Å². The van der Waals surface area contributed by atoms with Gasteiger partial charge in [0.15, 0.2) is 0 Å². The van der Waals surface area contributed by atoms with Gasteiger partial charge in [-0.2, -0.15) is 0 Å². The van der Waals surface area contributed by atoms with E-state index >= 15 is 0 Å². The predicted molar refractivity (Wildman–Crippen MR) is 46.5 cm³/mol. The second kappa shape index (κ2) is 6.38. The summed E-state index contributed by atoms with van der Waals surface area (Å²) in [5, 5.41) is 15.8. The van der Waals surface area contributed by atoms with E-state index in [1.807, 2.05) is 0 Å². The third-order valence-corrected chi connectivity index (χ3v) is 1.05. The average Bonchev–Trinajstić information content (AvgIpc) is 2.20. The summed E-state index contributed by atoms with van der Waals surface area (Å²) in [5.74, 6) is 3.40. The van der Waals surface area contributed by atoms with Crippen molar-refractivity contribution in [3.05, 3.63) is 30.1 Å². The van der Waals surface area contributed by atoms with E-state index in [1.165, 1.54) is 30.0 Å². The minimum absolute atomic E-state index is 0.269. The molecule has 14 heavy (non-hydrogen) atoms. The Labute approximate surface area is 79.2 Å². The van der Waals surface area contributed by atoms with Gasteiger partial charge in [0.2, 0.25) is 0 Å². The van der Waals surface area contributed by atoms with E-state index in [-0.39, 0.29) is 5.56 Å². The molecule has 1 heterocycles. The zero-order valence-electron chi connectivity index (χ0n) is 7.04. The first-order valence-electron chi connectivity index (χ1n) is 3.40. The average molecular weight is 199 g/mol. The van der Waals surface area contributed by atoms with Crippen molar-refractivity contribution in [2.45, 2.75) is 0 Å². The smallest absolute Gasteiger partial charge is 0.418 e. The van der Waals surface area contributed by atoms with Crippen LogP contribution in [0.5, 0.6) is 0 Å². The minimum atomic E-state index is -1.22. The molecule has 1 amide bonds. The maximum atomic E-state index is 10.2. The Kier molecular flexibility index (Phi) is 5.40. The number of amides is 1. The maximum absolute atomic E-state index is 10.2. The summed E-state index contributed by atoms with van der Waals surface area (Å²) < 4.78 is 0. The highest BCUT2D eigenvalue weighted by Crippen LogP contribution is 1.93. The van der Waals surface area contributed by atoms with Crippen molar-refractivity contribution >= 4 is 12.1 Å². The van der Waals surface area contributed by atoms with E-state index < -0.39 is 12.1 Å². The van der Waals surface area contributed by atoms with Crippen LogP contribution < -0.4 is 11.3 Å². The molecule has 0 fully saturated rings. The molecular formula is C7H9N3O4. The second-order valence-electron chi connectivity index (χ2n) is 1.99. The number of pyridine rings is 1. The van der Waals surface area contributed by atoms with Crippen molar-refractivity contribution in [3.8, 4) is 0 Å². The Balaban J connectivity index is 0.000000292. The Morgan fingerprint density at radius 2 is 1.71 bits per heavy atom. The summed E-state index contributed by atoms with van der Waals surface area (Å²) in [6.07, 6.45) is 1.68. The normalized spacial score (nSPS) is 8.07. The van der Waals surface area contributed by atoms with Gasteiger partial charge in [-0.25, -0.2) is 15.4 Å². The van der Waals surface area contributed by atoms with Crippen molar-refractivity contribution in [1.29, 1.82) is 0 Å². The molecule has 0 atom stereocenters. The highest BCUT2D eigenvalue weighted by molar-refractivity contribution is 5.87. The topological polar surface area (TPSA) is 126 Å². The lowest BCUT2D eigenvalue weighted by atomic mass is 10.3. The fourth-order valence-electron chi connectivity index (χ4n) is 0.494. The highest BCUT2D eigenvalue weighted by atomic mass is 16.4. The largest absolute Gasteiger partial charge is 0.478 e. The quantitative estimate of drug-likeness (QED) is 0.284. The molecule has 7 heteroatoms. The summed E-state index contributed by atoms with van der Waals surface area (Å²) in [5.41, 5.74) is 1.71. The van der Waals surface area contributed by atoms with Gasteiger partial charge in [-0.15, -0.1) is 0 Å². The molecule has 0 aliphatic heterocycles. The fraction of sp³-hybridized carbons (Fsp3) is 0. The number of nitrogens with one attached hydrogen (secondary N) is 1. The number of rotatable bonds is 1. The summed E-state index contributed by atoms with van der Waals surface area (Å²) >= 11 is 0. The van der Waals surface area contributed by atoms with E-state index in [2.05, 4.69) is 10.8 Å². The summed E-state index contributed by atoms with van der Waals surface area (Å²) in [7, 11) is 0. The molecule has 7 nitrogen and oxygen atoms in total. The van der Waals surface area contributed by atoms with Gasteiger partial charge in [-0.05, 0) is 12.1 Å². The fourth-order valence-corrected chi connectivity index (χ4v) is 0.494. The maximum Gasteiger partial charge on any atom is 0.418 e. The van der Waals surface area contributed by atoms with E-state index in [4.69, 9.17) is 15.0 Å². The lowest BCUT2D eigenvalue weighted by Gasteiger charge is -1.87. The first kappa shape index (κ1) is 11.8. The van der Waals surface area contributed by atoms with Crippen molar-refractivity contribution in [2.75, 3.05) is 0 Å². The van der Waals surface area contributed by atoms with E-state index in [9.17, 15) is 4.79 Å². The first-order chi connectivity index (χ1) is 6.57. The predicted octanol–water partition coefficient (Wildman–Crippen LogP) is -0.0925. The molecule has 0 aliphatic rings. The van der Waals surface area contributed by atoms with Crippen molar-refractivity contribution in [2.24, 2.45) is 5.84 Å². The molecule has 0 aliphatic carbocycles. The number of carbonyl (C=O) groups is 2. The molecule has 0 saturated carbocycles. The molecule has 1 aromatic heterocycles. The number of carboxylic acid groups (broad SMARTS) is 2. The Hall–Kier alpha value is -2.15. The van der Waals surface area contributed by atoms with Crippen LogP contribution >= 0.6 is 0 Å². The molecule has 0 saturated heterocycles. The monoisotopic (exact) mass is 199 g/mol. The number of hydrogen-bond acceptors (Lipinski definition) is 4. The van der Waals surface area contributed by atoms with Crippen LogP contribution in [-0.2, 0) is 0 Å². The van der Waals surface area contributed by atoms with Gasteiger partial charge in [-0.1, -0.05) is 0 Å². The van der Waals surface area contributed by atoms with Crippen molar-refractivity contribution in [1.82, 2.24) is 10.4 Å². The SMILES string of the molecule is NNC(=O)O.O=C(O)c1ccncc1. The Morgan fingerprint density at radius 1 is 1.29 bits per heavy atom. The van der Waals surface area contributed by atoms with Crippen LogP contribution in [0, 0.1) is 0 Å². The lowest BCUT2D eigenvalue weighted by Crippen LogP contribution is -2.27. The highest BCUT2D eigenvalue weighted by Gasteiger charge is 1.97. The number of nitrogens with zero attached hydrogens (tertiary/aromatic N) is 1. The molecule has 0 bridgehead atoms. The third kappa shape index (κ3) is 5.49. The van der Waals surface area contributed by atoms with Gasteiger partial charge in [0, 0.05) is 12.4 Å². The van der Waals surface area contributed by atoms with Crippen LogP contribution in [0.2, 0.25) is 0 Å². The van der Waals surface area contributed by atoms with Crippen molar-refractivity contribution < 1.29 is 19.8 Å². The standard InChI is InChI=1S/C6H5NO2.CH4N2O2/c8-6(9)5-1-3-7-4-2-5;2-3-1(4)5/h1-4H,(H,8,9);3H,2H2,(H,4,5). The molecule has 0 radical (unpaired) electrons. The van der Waals surface area contributed by atoms with Gasteiger partial charge in [0.1, 0.15) is 0 Å². The third-order valence-electron chi connectivity index (χ3n) is 1.05. The van der Waals surface area contributed by atoms with Crippen LogP contribution in [-0.4, -0.2) is 27.3 Å². The summed E-state index contributed by atoms with van der Waals surface area (Å²) in [6.45, 7) is 0.